The molecular formula is C13H22N2. The molecule has 0 aliphatic carbocycles. The first kappa shape index (κ1) is 12.2. The van der Waals surface area contributed by atoms with Gasteiger partial charge in [-0.3, -0.25) is 4.90 Å². The van der Waals surface area contributed by atoms with Crippen molar-refractivity contribution in [3.8, 4) is 0 Å². The van der Waals surface area contributed by atoms with Crippen molar-refractivity contribution in [3.05, 3.63) is 35.4 Å². The smallest absolute Gasteiger partial charge is 0.0470 e. The molecule has 2 heteroatoms. The van der Waals surface area contributed by atoms with Crippen molar-refractivity contribution in [1.29, 1.82) is 0 Å². The standard InChI is InChI=1S/C13H22N2/c1-4-15(5-2)13(10-14)12-8-6-11(3)7-9-12/h6-9,13H,4-5,10,14H2,1-3H3/t13-/m0/s1. The number of rotatable bonds is 5. The van der Waals surface area contributed by atoms with Gasteiger partial charge < -0.3 is 5.73 Å². The van der Waals surface area contributed by atoms with E-state index in [1.807, 2.05) is 0 Å². The second-order valence-electron chi connectivity index (χ2n) is 3.88. The fourth-order valence-corrected chi connectivity index (χ4v) is 1.95. The van der Waals surface area contributed by atoms with Crippen molar-refractivity contribution in [3.63, 3.8) is 0 Å². The normalized spacial score (nSPS) is 13.1. The van der Waals surface area contributed by atoms with Gasteiger partial charge in [-0.05, 0) is 25.6 Å². The number of nitrogens with zero attached hydrogens (tertiary/aromatic N) is 1. The molecule has 0 bridgehead atoms. The summed E-state index contributed by atoms with van der Waals surface area (Å²) in [6, 6.07) is 9.04. The lowest BCUT2D eigenvalue weighted by molar-refractivity contribution is 0.224. The average molecular weight is 206 g/mol. The second kappa shape index (κ2) is 5.89. The predicted molar refractivity (Wildman–Crippen MR) is 65.9 cm³/mol. The molecule has 0 radical (unpaired) electrons. The van der Waals surface area contributed by atoms with Crippen LogP contribution in [0.15, 0.2) is 24.3 Å². The molecule has 0 fully saturated rings. The molecule has 0 aliphatic rings. The largest absolute Gasteiger partial charge is 0.329 e. The minimum absolute atomic E-state index is 0.362. The van der Waals surface area contributed by atoms with Gasteiger partial charge >= 0.3 is 0 Å². The molecule has 0 spiro atoms. The summed E-state index contributed by atoms with van der Waals surface area (Å²) >= 11 is 0. The molecule has 0 heterocycles. The zero-order chi connectivity index (χ0) is 11.3. The summed E-state index contributed by atoms with van der Waals surface area (Å²) in [5.41, 5.74) is 8.48. The van der Waals surface area contributed by atoms with E-state index in [0.717, 1.165) is 13.1 Å². The lowest BCUT2D eigenvalue weighted by Gasteiger charge is -2.29. The van der Waals surface area contributed by atoms with Crippen molar-refractivity contribution >= 4 is 0 Å². The highest BCUT2D eigenvalue weighted by Crippen LogP contribution is 2.19. The van der Waals surface area contributed by atoms with Crippen LogP contribution in [0.3, 0.4) is 0 Å². The molecule has 1 atom stereocenters. The van der Waals surface area contributed by atoms with Crippen LogP contribution < -0.4 is 5.73 Å². The SMILES string of the molecule is CCN(CC)[C@@H](CN)c1ccc(C)cc1. The number of hydrogen-bond donors (Lipinski definition) is 1. The summed E-state index contributed by atoms with van der Waals surface area (Å²) in [4.78, 5) is 2.39. The number of benzene rings is 1. The van der Waals surface area contributed by atoms with Gasteiger partial charge in [-0.1, -0.05) is 43.7 Å². The van der Waals surface area contributed by atoms with Crippen LogP contribution in [-0.2, 0) is 0 Å². The Morgan fingerprint density at radius 2 is 1.67 bits per heavy atom. The lowest BCUT2D eigenvalue weighted by atomic mass is 10.0. The van der Waals surface area contributed by atoms with Gasteiger partial charge in [-0.2, -0.15) is 0 Å². The molecular weight excluding hydrogens is 184 g/mol. The van der Waals surface area contributed by atoms with Crippen LogP contribution in [0, 0.1) is 6.92 Å². The van der Waals surface area contributed by atoms with Gasteiger partial charge in [0.05, 0.1) is 0 Å². The van der Waals surface area contributed by atoms with E-state index in [1.165, 1.54) is 11.1 Å². The van der Waals surface area contributed by atoms with Crippen LogP contribution in [0.4, 0.5) is 0 Å². The van der Waals surface area contributed by atoms with E-state index in [1.54, 1.807) is 0 Å². The highest BCUT2D eigenvalue weighted by Gasteiger charge is 2.15. The molecule has 0 saturated carbocycles. The molecule has 2 N–H and O–H groups in total. The number of hydrogen-bond acceptors (Lipinski definition) is 2. The van der Waals surface area contributed by atoms with E-state index in [-0.39, 0.29) is 0 Å². The van der Waals surface area contributed by atoms with E-state index >= 15 is 0 Å². The van der Waals surface area contributed by atoms with Gasteiger partial charge in [0.1, 0.15) is 0 Å². The molecule has 1 aromatic carbocycles. The zero-order valence-electron chi connectivity index (χ0n) is 10.0. The third kappa shape index (κ3) is 3.05. The summed E-state index contributed by atoms with van der Waals surface area (Å²) in [6.07, 6.45) is 0. The lowest BCUT2D eigenvalue weighted by Crippen LogP contribution is -2.33. The Balaban J connectivity index is 2.86. The van der Waals surface area contributed by atoms with Gasteiger partial charge in [-0.25, -0.2) is 0 Å². The van der Waals surface area contributed by atoms with Gasteiger partial charge in [-0.15, -0.1) is 0 Å². The molecule has 1 aromatic rings. The maximum absolute atomic E-state index is 5.85. The van der Waals surface area contributed by atoms with Crippen molar-refractivity contribution in [2.75, 3.05) is 19.6 Å². The Morgan fingerprint density at radius 3 is 2.07 bits per heavy atom. The van der Waals surface area contributed by atoms with E-state index in [0.29, 0.717) is 12.6 Å². The van der Waals surface area contributed by atoms with Crippen LogP contribution in [0.2, 0.25) is 0 Å². The molecule has 0 aromatic heterocycles. The van der Waals surface area contributed by atoms with Crippen molar-refractivity contribution in [2.24, 2.45) is 5.73 Å². The molecule has 15 heavy (non-hydrogen) atoms. The van der Waals surface area contributed by atoms with E-state index in [9.17, 15) is 0 Å². The van der Waals surface area contributed by atoms with Crippen LogP contribution in [0.25, 0.3) is 0 Å². The van der Waals surface area contributed by atoms with E-state index < -0.39 is 0 Å². The summed E-state index contributed by atoms with van der Waals surface area (Å²) in [5, 5.41) is 0. The quantitative estimate of drug-likeness (QED) is 0.801. The van der Waals surface area contributed by atoms with Crippen molar-refractivity contribution in [2.45, 2.75) is 26.8 Å². The highest BCUT2D eigenvalue weighted by molar-refractivity contribution is 5.24. The van der Waals surface area contributed by atoms with E-state index in [2.05, 4.69) is 49.9 Å². The molecule has 0 amide bonds. The molecule has 1 rings (SSSR count). The minimum atomic E-state index is 0.362. The van der Waals surface area contributed by atoms with Gasteiger partial charge in [0.15, 0.2) is 0 Å². The summed E-state index contributed by atoms with van der Waals surface area (Å²) < 4.78 is 0. The Bertz CT molecular complexity index is 275. The minimum Gasteiger partial charge on any atom is -0.329 e. The number of likely N-dealkylation sites (N-methyl/N-ethyl adjacent to an activating group) is 1. The molecule has 0 unspecified atom stereocenters. The second-order valence-corrected chi connectivity index (χ2v) is 3.88. The van der Waals surface area contributed by atoms with Gasteiger partial charge in [0, 0.05) is 12.6 Å². The van der Waals surface area contributed by atoms with Crippen LogP contribution in [0.5, 0.6) is 0 Å². The Hall–Kier alpha value is -0.860. The summed E-state index contributed by atoms with van der Waals surface area (Å²) in [5.74, 6) is 0. The number of nitrogens with two attached hydrogens (primary N) is 1. The maximum atomic E-state index is 5.85. The molecule has 2 nitrogen and oxygen atoms in total. The van der Waals surface area contributed by atoms with Gasteiger partial charge in [0.2, 0.25) is 0 Å². The average Bonchev–Trinajstić information content (AvgIpc) is 2.27. The van der Waals surface area contributed by atoms with Gasteiger partial charge in [0.25, 0.3) is 0 Å². The third-order valence-corrected chi connectivity index (χ3v) is 2.94. The fourth-order valence-electron chi connectivity index (χ4n) is 1.95. The van der Waals surface area contributed by atoms with Crippen LogP contribution >= 0.6 is 0 Å². The van der Waals surface area contributed by atoms with Crippen molar-refractivity contribution in [1.82, 2.24) is 4.90 Å². The molecule has 0 aliphatic heterocycles. The van der Waals surface area contributed by atoms with Crippen molar-refractivity contribution < 1.29 is 0 Å². The van der Waals surface area contributed by atoms with E-state index in [4.69, 9.17) is 5.73 Å². The summed E-state index contributed by atoms with van der Waals surface area (Å²) in [6.45, 7) is 9.25. The molecule has 84 valence electrons. The van der Waals surface area contributed by atoms with Crippen LogP contribution in [0.1, 0.15) is 31.0 Å². The summed E-state index contributed by atoms with van der Waals surface area (Å²) in [7, 11) is 0. The first-order valence-corrected chi connectivity index (χ1v) is 5.73. The fraction of sp³-hybridized carbons (Fsp3) is 0.538. The Labute approximate surface area is 93.1 Å². The molecule has 0 saturated heterocycles. The first-order chi connectivity index (χ1) is 7.22. The predicted octanol–water partition coefficient (Wildman–Crippen LogP) is 2.34. The Kier molecular flexibility index (Phi) is 4.79. The Morgan fingerprint density at radius 1 is 1.13 bits per heavy atom. The number of aryl methyl sites for hydroxylation is 1. The van der Waals surface area contributed by atoms with Crippen LogP contribution in [-0.4, -0.2) is 24.5 Å². The first-order valence-electron chi connectivity index (χ1n) is 5.73. The third-order valence-electron chi connectivity index (χ3n) is 2.94. The topological polar surface area (TPSA) is 29.3 Å². The highest BCUT2D eigenvalue weighted by atomic mass is 15.2. The monoisotopic (exact) mass is 206 g/mol. The maximum Gasteiger partial charge on any atom is 0.0470 e. The zero-order valence-corrected chi connectivity index (χ0v) is 10.0.